The molecule has 5 aliphatic rings. The Morgan fingerprint density at radius 1 is 1.30 bits per heavy atom. The predicted octanol–water partition coefficient (Wildman–Crippen LogP) is 3.63. The van der Waals surface area contributed by atoms with Gasteiger partial charge < -0.3 is 9.84 Å². The zero-order chi connectivity index (χ0) is 16.6. The Hall–Kier alpha value is -1.09. The van der Waals surface area contributed by atoms with Crippen LogP contribution in [0.3, 0.4) is 0 Å². The second-order valence-electron chi connectivity index (χ2n) is 9.12. The lowest BCUT2D eigenvalue weighted by molar-refractivity contribution is -0.242. The first-order valence-corrected chi connectivity index (χ1v) is 9.01. The van der Waals surface area contributed by atoms with Gasteiger partial charge in [-0.3, -0.25) is 4.79 Å². The largest absolute Gasteiger partial charge is 0.455 e. The number of aliphatic hydroxyl groups excluding tert-OH is 1. The highest BCUT2D eigenvalue weighted by Gasteiger charge is 2.71. The van der Waals surface area contributed by atoms with Crippen LogP contribution < -0.4 is 0 Å². The van der Waals surface area contributed by atoms with Crippen molar-refractivity contribution in [3.63, 3.8) is 0 Å². The van der Waals surface area contributed by atoms with Gasteiger partial charge in [0.25, 0.3) is 0 Å². The SMILES string of the molecule is C=C[C@]1(C)C=C2[C@H]3OC(=O)[C@@]4(CCCC(C)(C)[C@@H]4[C@H]3O)[C@H]2CC1. The maximum Gasteiger partial charge on any atom is 0.313 e. The van der Waals surface area contributed by atoms with E-state index >= 15 is 0 Å². The molecule has 0 aromatic carbocycles. The van der Waals surface area contributed by atoms with Crippen LogP contribution in [-0.4, -0.2) is 23.3 Å². The summed E-state index contributed by atoms with van der Waals surface area (Å²) in [6.07, 6.45) is 8.21. The van der Waals surface area contributed by atoms with Crippen molar-refractivity contribution in [2.45, 2.75) is 65.1 Å². The fourth-order valence-electron chi connectivity index (χ4n) is 6.28. The van der Waals surface area contributed by atoms with Gasteiger partial charge in [0.2, 0.25) is 0 Å². The van der Waals surface area contributed by atoms with Crippen LogP contribution in [0.4, 0.5) is 0 Å². The van der Waals surface area contributed by atoms with Crippen LogP contribution >= 0.6 is 0 Å². The molecule has 6 atom stereocenters. The molecule has 126 valence electrons. The van der Waals surface area contributed by atoms with Crippen LogP contribution in [0.2, 0.25) is 0 Å². The van der Waals surface area contributed by atoms with Gasteiger partial charge >= 0.3 is 5.97 Å². The zero-order valence-corrected chi connectivity index (χ0v) is 14.5. The Morgan fingerprint density at radius 2 is 2.04 bits per heavy atom. The lowest BCUT2D eigenvalue weighted by Gasteiger charge is -2.65. The van der Waals surface area contributed by atoms with Gasteiger partial charge in [0.15, 0.2) is 0 Å². The first-order chi connectivity index (χ1) is 10.8. The Labute approximate surface area is 138 Å². The van der Waals surface area contributed by atoms with Crippen molar-refractivity contribution in [1.29, 1.82) is 0 Å². The number of hydrogen-bond donors (Lipinski definition) is 1. The highest BCUT2D eigenvalue weighted by atomic mass is 16.6. The summed E-state index contributed by atoms with van der Waals surface area (Å²) >= 11 is 0. The van der Waals surface area contributed by atoms with Crippen molar-refractivity contribution in [1.82, 2.24) is 0 Å². The molecule has 1 spiro atoms. The third kappa shape index (κ3) is 1.77. The molecule has 2 heterocycles. The molecule has 0 radical (unpaired) electrons. The Balaban J connectivity index is 1.89. The van der Waals surface area contributed by atoms with Gasteiger partial charge in [-0.05, 0) is 36.7 Å². The lowest BCUT2D eigenvalue weighted by atomic mass is 9.42. The Morgan fingerprint density at radius 3 is 2.74 bits per heavy atom. The van der Waals surface area contributed by atoms with E-state index in [-0.39, 0.29) is 28.6 Å². The lowest BCUT2D eigenvalue weighted by Crippen LogP contribution is -2.70. The summed E-state index contributed by atoms with van der Waals surface area (Å²) in [6.45, 7) is 10.6. The van der Waals surface area contributed by atoms with E-state index in [9.17, 15) is 9.90 Å². The minimum Gasteiger partial charge on any atom is -0.455 e. The van der Waals surface area contributed by atoms with E-state index in [1.54, 1.807) is 0 Å². The van der Waals surface area contributed by atoms with Crippen molar-refractivity contribution in [3.8, 4) is 0 Å². The average Bonchev–Trinajstić information content (AvgIpc) is 2.49. The van der Waals surface area contributed by atoms with Crippen molar-refractivity contribution >= 4 is 5.97 Å². The first-order valence-electron chi connectivity index (χ1n) is 9.01. The molecule has 2 saturated carbocycles. The van der Waals surface area contributed by atoms with Gasteiger partial charge in [0.1, 0.15) is 6.10 Å². The second kappa shape index (κ2) is 4.50. The van der Waals surface area contributed by atoms with Gasteiger partial charge in [-0.25, -0.2) is 0 Å². The molecule has 1 N–H and O–H groups in total. The van der Waals surface area contributed by atoms with Crippen molar-refractivity contribution in [2.75, 3.05) is 0 Å². The number of carbonyl (C=O) groups excluding carboxylic acids is 1. The quantitative estimate of drug-likeness (QED) is 0.593. The number of allylic oxidation sites excluding steroid dienone is 2. The Bertz CT molecular complexity index is 604. The summed E-state index contributed by atoms with van der Waals surface area (Å²) in [5.74, 6) is 0.218. The Kier molecular flexibility index (Phi) is 3.02. The minimum absolute atomic E-state index is 0.0138. The standard InChI is InChI=1S/C20H28O3/c1-5-19(4)10-7-13-12(11-19)15-14(21)16-18(2,3)8-6-9-20(13,16)17(22)23-15/h5,11,13-16,21H,1,6-10H2,2-4H3/t13-,14-,15+,16-,19-,20-/m0/s1. The van der Waals surface area contributed by atoms with Crippen LogP contribution in [0.15, 0.2) is 24.3 Å². The fraction of sp³-hybridized carbons (Fsp3) is 0.750. The molecule has 3 aliphatic carbocycles. The predicted molar refractivity (Wildman–Crippen MR) is 88.6 cm³/mol. The summed E-state index contributed by atoms with van der Waals surface area (Å²) in [7, 11) is 0. The molecule has 5 rings (SSSR count). The van der Waals surface area contributed by atoms with Gasteiger partial charge in [-0.2, -0.15) is 0 Å². The van der Waals surface area contributed by atoms with E-state index in [1.165, 1.54) is 5.57 Å². The zero-order valence-electron chi connectivity index (χ0n) is 14.5. The maximum absolute atomic E-state index is 13.0. The first kappa shape index (κ1) is 15.4. The average molecular weight is 316 g/mol. The molecule has 0 amide bonds. The third-order valence-electron chi connectivity index (χ3n) is 7.36. The number of rotatable bonds is 1. The molecule has 0 aromatic heterocycles. The number of carbonyl (C=O) groups is 1. The molecule has 2 saturated heterocycles. The number of esters is 1. The summed E-state index contributed by atoms with van der Waals surface area (Å²) < 4.78 is 5.77. The molecule has 2 aliphatic heterocycles. The highest BCUT2D eigenvalue weighted by molar-refractivity contribution is 5.82. The molecule has 0 aromatic rings. The molecule has 2 bridgehead atoms. The molecular weight excluding hydrogens is 288 g/mol. The summed E-state index contributed by atoms with van der Waals surface area (Å²) in [5, 5.41) is 11.1. The van der Waals surface area contributed by atoms with Crippen LogP contribution in [0.5, 0.6) is 0 Å². The normalized spacial score (nSPS) is 50.4. The molecule has 23 heavy (non-hydrogen) atoms. The van der Waals surface area contributed by atoms with E-state index in [1.807, 2.05) is 6.08 Å². The molecule has 3 nitrogen and oxygen atoms in total. The molecular formula is C20H28O3. The number of aliphatic hydroxyl groups is 1. The van der Waals surface area contributed by atoms with Crippen molar-refractivity contribution in [3.05, 3.63) is 24.3 Å². The molecule has 4 fully saturated rings. The van der Waals surface area contributed by atoms with E-state index in [0.717, 1.165) is 32.1 Å². The van der Waals surface area contributed by atoms with Gasteiger partial charge in [0.05, 0.1) is 11.5 Å². The van der Waals surface area contributed by atoms with Gasteiger partial charge in [-0.15, -0.1) is 6.58 Å². The summed E-state index contributed by atoms with van der Waals surface area (Å²) in [6, 6.07) is 0. The van der Waals surface area contributed by atoms with Gasteiger partial charge in [-0.1, -0.05) is 39.3 Å². The summed E-state index contributed by atoms with van der Waals surface area (Å²) in [4.78, 5) is 13.0. The second-order valence-corrected chi connectivity index (χ2v) is 9.12. The number of hydrogen-bond acceptors (Lipinski definition) is 3. The monoisotopic (exact) mass is 316 g/mol. The van der Waals surface area contributed by atoms with E-state index in [2.05, 4.69) is 33.4 Å². The molecule has 0 unspecified atom stereocenters. The minimum atomic E-state index is -0.572. The number of fused-ring (bicyclic) bond motifs is 1. The van der Waals surface area contributed by atoms with E-state index < -0.39 is 17.6 Å². The third-order valence-corrected chi connectivity index (χ3v) is 7.36. The van der Waals surface area contributed by atoms with Crippen LogP contribution in [0.25, 0.3) is 0 Å². The maximum atomic E-state index is 13.0. The van der Waals surface area contributed by atoms with E-state index in [4.69, 9.17) is 4.74 Å². The fourth-order valence-corrected chi connectivity index (χ4v) is 6.28. The number of ether oxygens (including phenoxy) is 1. The smallest absolute Gasteiger partial charge is 0.313 e. The van der Waals surface area contributed by atoms with Crippen LogP contribution in [0, 0.1) is 28.1 Å². The van der Waals surface area contributed by atoms with Crippen LogP contribution in [0.1, 0.15) is 52.9 Å². The van der Waals surface area contributed by atoms with Gasteiger partial charge in [0, 0.05) is 17.3 Å². The van der Waals surface area contributed by atoms with Crippen LogP contribution in [-0.2, 0) is 9.53 Å². The molecule has 3 heteroatoms. The van der Waals surface area contributed by atoms with E-state index in [0.29, 0.717) is 0 Å². The van der Waals surface area contributed by atoms with Crippen molar-refractivity contribution < 1.29 is 14.6 Å². The van der Waals surface area contributed by atoms with Crippen molar-refractivity contribution in [2.24, 2.45) is 28.1 Å². The highest BCUT2D eigenvalue weighted by Crippen LogP contribution is 2.67. The summed E-state index contributed by atoms with van der Waals surface area (Å²) in [5.41, 5.74) is 0.593. The topological polar surface area (TPSA) is 46.5 Å².